The highest BCUT2D eigenvalue weighted by Gasteiger charge is 2.61. The fourth-order valence-corrected chi connectivity index (χ4v) is 5.15. The van der Waals surface area contributed by atoms with Crippen molar-refractivity contribution in [1.82, 2.24) is 10.2 Å². The molecule has 2 heterocycles. The van der Waals surface area contributed by atoms with Gasteiger partial charge in [0, 0.05) is 41.5 Å². The van der Waals surface area contributed by atoms with Gasteiger partial charge < -0.3 is 19.2 Å². The maximum absolute atomic E-state index is 13.5. The van der Waals surface area contributed by atoms with Crippen LogP contribution in [0.4, 0.5) is 5.69 Å². The fourth-order valence-electron chi connectivity index (χ4n) is 5.15. The number of nitriles is 1. The summed E-state index contributed by atoms with van der Waals surface area (Å²) < 4.78 is 16.5. The maximum atomic E-state index is 13.5. The number of nitrogens with one attached hydrogen (secondary N) is 1. The van der Waals surface area contributed by atoms with Crippen molar-refractivity contribution in [2.75, 3.05) is 18.5 Å². The molecule has 0 bridgehead atoms. The van der Waals surface area contributed by atoms with E-state index >= 15 is 0 Å². The third-order valence-corrected chi connectivity index (χ3v) is 7.12. The van der Waals surface area contributed by atoms with Crippen LogP contribution in [0.5, 0.6) is 5.75 Å². The molecule has 9 heteroatoms. The highest BCUT2D eigenvalue weighted by Crippen LogP contribution is 2.61. The van der Waals surface area contributed by atoms with Crippen LogP contribution in [0.25, 0.3) is 11.5 Å². The van der Waals surface area contributed by atoms with Gasteiger partial charge in [-0.25, -0.2) is 0 Å². The number of ether oxygens (including phenoxy) is 2. The number of benzene rings is 2. The Morgan fingerprint density at radius 3 is 2.86 bits per heavy atom. The highest BCUT2D eigenvalue weighted by atomic mass is 16.5. The van der Waals surface area contributed by atoms with Gasteiger partial charge in [-0.3, -0.25) is 9.59 Å². The van der Waals surface area contributed by atoms with E-state index in [-0.39, 0.29) is 23.2 Å². The first-order chi connectivity index (χ1) is 17.9. The van der Waals surface area contributed by atoms with Crippen molar-refractivity contribution in [3.05, 3.63) is 59.0 Å². The lowest BCUT2D eigenvalue weighted by Crippen LogP contribution is -2.27. The van der Waals surface area contributed by atoms with Gasteiger partial charge in [-0.15, -0.1) is 10.2 Å². The number of amides is 1. The van der Waals surface area contributed by atoms with Crippen LogP contribution in [0.2, 0.25) is 0 Å². The Hall–Kier alpha value is -4.19. The molecule has 37 heavy (non-hydrogen) atoms. The zero-order valence-corrected chi connectivity index (χ0v) is 20.9. The summed E-state index contributed by atoms with van der Waals surface area (Å²) in [5.74, 6) is 1.13. The van der Waals surface area contributed by atoms with Crippen molar-refractivity contribution in [3.8, 4) is 23.3 Å². The molecule has 1 fully saturated rings. The van der Waals surface area contributed by atoms with Crippen LogP contribution in [-0.4, -0.2) is 35.3 Å². The number of carbonyl (C=O) groups is 2. The minimum atomic E-state index is -0.320. The van der Waals surface area contributed by atoms with E-state index in [0.29, 0.717) is 61.9 Å². The maximum Gasteiger partial charge on any atom is 0.305 e. The normalized spacial score (nSPS) is 19.4. The highest BCUT2D eigenvalue weighted by molar-refractivity contribution is 5.97. The number of fused-ring (bicyclic) bond motifs is 2. The zero-order valence-electron chi connectivity index (χ0n) is 20.9. The molecule has 1 spiro atoms. The minimum absolute atomic E-state index is 0.0892. The summed E-state index contributed by atoms with van der Waals surface area (Å²) >= 11 is 0. The standard InChI is InChI=1S/C28H28N4O5/c1-3-35-25(33)6-4-5-19-8-7-18(16-29)13-23(19)30-26(34)22-15-28(22)11-12-36-24-10-9-20(14-21(24)28)27-32-31-17(2)37-27/h7-10,13-14,22H,3-6,11-12,15H2,1-2H3,(H,30,34)/t22-,28?/m0/s1. The molecule has 1 unspecified atom stereocenters. The second-order valence-electron chi connectivity index (χ2n) is 9.48. The van der Waals surface area contributed by atoms with E-state index in [2.05, 4.69) is 21.6 Å². The van der Waals surface area contributed by atoms with Crippen LogP contribution in [0.3, 0.4) is 0 Å². The Balaban J connectivity index is 1.34. The molecule has 1 amide bonds. The molecule has 2 aliphatic rings. The van der Waals surface area contributed by atoms with Crippen LogP contribution >= 0.6 is 0 Å². The molecular formula is C28H28N4O5. The lowest BCUT2D eigenvalue weighted by molar-refractivity contribution is -0.143. The molecular weight excluding hydrogens is 472 g/mol. The van der Waals surface area contributed by atoms with Crippen LogP contribution in [0, 0.1) is 24.2 Å². The van der Waals surface area contributed by atoms with Gasteiger partial charge in [0.2, 0.25) is 17.7 Å². The van der Waals surface area contributed by atoms with Crippen LogP contribution in [0.1, 0.15) is 55.2 Å². The Morgan fingerprint density at radius 1 is 1.24 bits per heavy atom. The molecule has 1 N–H and O–H groups in total. The topological polar surface area (TPSA) is 127 Å². The number of anilines is 1. The number of hydrogen-bond donors (Lipinski definition) is 1. The number of nitrogens with zero attached hydrogens (tertiary/aromatic N) is 3. The molecule has 2 atom stereocenters. The lowest BCUT2D eigenvalue weighted by atomic mass is 9.86. The summed E-state index contributed by atoms with van der Waals surface area (Å²) in [6.45, 7) is 4.41. The number of aromatic nitrogens is 2. The van der Waals surface area contributed by atoms with E-state index in [4.69, 9.17) is 13.9 Å². The monoisotopic (exact) mass is 500 g/mol. The molecule has 1 saturated carbocycles. The number of hydrogen-bond acceptors (Lipinski definition) is 8. The number of aryl methyl sites for hydroxylation is 2. The first kappa shape index (κ1) is 24.5. The predicted molar refractivity (Wildman–Crippen MR) is 134 cm³/mol. The van der Waals surface area contributed by atoms with Crippen molar-refractivity contribution < 1.29 is 23.5 Å². The molecule has 1 aromatic heterocycles. The second-order valence-corrected chi connectivity index (χ2v) is 9.48. The Labute approximate surface area is 214 Å². The van der Waals surface area contributed by atoms with Crippen LogP contribution < -0.4 is 10.1 Å². The molecule has 2 aromatic carbocycles. The van der Waals surface area contributed by atoms with Gasteiger partial charge in [0.05, 0.1) is 24.8 Å². The minimum Gasteiger partial charge on any atom is -0.493 e. The first-order valence-corrected chi connectivity index (χ1v) is 12.5. The third kappa shape index (κ3) is 4.92. The summed E-state index contributed by atoms with van der Waals surface area (Å²) in [5, 5.41) is 20.5. The fraction of sp³-hybridized carbons (Fsp3) is 0.393. The second kappa shape index (κ2) is 10.1. The molecule has 3 aromatic rings. The molecule has 9 nitrogen and oxygen atoms in total. The summed E-state index contributed by atoms with van der Waals surface area (Å²) in [6, 6.07) is 13.2. The number of carbonyl (C=O) groups excluding carboxylic acids is 2. The van der Waals surface area contributed by atoms with E-state index in [9.17, 15) is 14.9 Å². The van der Waals surface area contributed by atoms with E-state index in [1.165, 1.54) is 0 Å². The number of rotatable bonds is 8. The first-order valence-electron chi connectivity index (χ1n) is 12.5. The third-order valence-electron chi connectivity index (χ3n) is 7.12. The van der Waals surface area contributed by atoms with Crippen molar-refractivity contribution in [3.63, 3.8) is 0 Å². The van der Waals surface area contributed by atoms with Crippen molar-refractivity contribution in [2.45, 2.75) is 51.4 Å². The zero-order chi connectivity index (χ0) is 26.0. The van der Waals surface area contributed by atoms with Crippen molar-refractivity contribution in [2.24, 2.45) is 5.92 Å². The molecule has 1 aliphatic heterocycles. The largest absolute Gasteiger partial charge is 0.493 e. The van der Waals surface area contributed by atoms with Gasteiger partial charge in [-0.05, 0) is 68.5 Å². The van der Waals surface area contributed by atoms with E-state index in [1.807, 2.05) is 24.3 Å². The van der Waals surface area contributed by atoms with Crippen molar-refractivity contribution >= 4 is 17.6 Å². The Kier molecular flexibility index (Phi) is 6.66. The molecule has 190 valence electrons. The van der Waals surface area contributed by atoms with E-state index in [1.54, 1.807) is 26.0 Å². The predicted octanol–water partition coefficient (Wildman–Crippen LogP) is 4.48. The van der Waals surface area contributed by atoms with Gasteiger partial charge in [0.25, 0.3) is 0 Å². The summed E-state index contributed by atoms with van der Waals surface area (Å²) in [4.78, 5) is 25.2. The summed E-state index contributed by atoms with van der Waals surface area (Å²) in [5.41, 5.74) is 3.41. The van der Waals surface area contributed by atoms with E-state index < -0.39 is 0 Å². The average molecular weight is 501 g/mol. The van der Waals surface area contributed by atoms with Gasteiger partial charge in [-0.1, -0.05) is 6.07 Å². The van der Waals surface area contributed by atoms with Gasteiger partial charge in [0.15, 0.2) is 0 Å². The molecule has 0 saturated heterocycles. The molecule has 1 aliphatic carbocycles. The smallest absolute Gasteiger partial charge is 0.305 e. The quantitative estimate of drug-likeness (QED) is 0.449. The molecule has 0 radical (unpaired) electrons. The Bertz CT molecular complexity index is 1390. The molecule has 5 rings (SSSR count). The van der Waals surface area contributed by atoms with Gasteiger partial charge >= 0.3 is 5.97 Å². The van der Waals surface area contributed by atoms with Crippen LogP contribution in [0.15, 0.2) is 40.8 Å². The summed E-state index contributed by atoms with van der Waals surface area (Å²) in [7, 11) is 0. The van der Waals surface area contributed by atoms with Crippen LogP contribution in [-0.2, 0) is 26.2 Å². The van der Waals surface area contributed by atoms with Gasteiger partial charge in [-0.2, -0.15) is 5.26 Å². The summed E-state index contributed by atoms with van der Waals surface area (Å²) in [6.07, 6.45) is 2.90. The Morgan fingerprint density at radius 2 is 2.11 bits per heavy atom. The number of esters is 1. The van der Waals surface area contributed by atoms with Gasteiger partial charge in [0.1, 0.15) is 5.75 Å². The van der Waals surface area contributed by atoms with Crippen molar-refractivity contribution in [1.29, 1.82) is 5.26 Å². The lowest BCUT2D eigenvalue weighted by Gasteiger charge is -2.27. The SMILES string of the molecule is CCOC(=O)CCCc1ccc(C#N)cc1NC(=O)[C@@H]1CC12CCOc1ccc(-c3nnc(C)o3)cc12. The van der Waals surface area contributed by atoms with E-state index in [0.717, 1.165) is 28.9 Å². The average Bonchev–Trinajstić information content (AvgIpc) is 3.45.